The number of cyclic esters (lactones) is 2. The minimum Gasteiger partial charge on any atom is -0.417 e. The van der Waals surface area contributed by atoms with E-state index in [9.17, 15) is 31.1 Å². The van der Waals surface area contributed by atoms with Crippen molar-refractivity contribution in [2.45, 2.75) is 24.6 Å². The molecule has 1 heterocycles. The summed E-state index contributed by atoms with van der Waals surface area (Å²) in [4.78, 5) is 10.0. The molecule has 0 aromatic rings. The van der Waals surface area contributed by atoms with E-state index in [1.807, 2.05) is 0 Å². The fraction of sp³-hybridized carbons (Fsp3) is 0.800. The Kier molecular flexibility index (Phi) is 2.28. The summed E-state index contributed by atoms with van der Waals surface area (Å²) in [5.74, 6) is 0. The summed E-state index contributed by atoms with van der Waals surface area (Å²) in [5.41, 5.74) is 0. The van der Waals surface area contributed by atoms with Gasteiger partial charge >= 0.3 is 18.4 Å². The standard InChI is InChI=1S/C5H2F6O3/c6-1(4(7,8)9)2-5(10,11)14-3(12)13-2/h1-2H. The lowest BCUT2D eigenvalue weighted by Crippen LogP contribution is -2.45. The summed E-state index contributed by atoms with van der Waals surface area (Å²) in [7, 11) is 0. The van der Waals surface area contributed by atoms with Crippen LogP contribution in [0, 0.1) is 0 Å². The predicted octanol–water partition coefficient (Wildman–Crippen LogP) is 2.02. The van der Waals surface area contributed by atoms with Crippen LogP contribution in [0.15, 0.2) is 0 Å². The van der Waals surface area contributed by atoms with Crippen LogP contribution < -0.4 is 0 Å². The molecule has 82 valence electrons. The third kappa shape index (κ3) is 1.85. The lowest BCUT2D eigenvalue weighted by atomic mass is 10.2. The van der Waals surface area contributed by atoms with E-state index in [-0.39, 0.29) is 0 Å². The highest BCUT2D eigenvalue weighted by molar-refractivity contribution is 5.62. The molecule has 1 aliphatic heterocycles. The van der Waals surface area contributed by atoms with Crippen molar-refractivity contribution in [1.82, 2.24) is 0 Å². The number of carbonyl (C=O) groups is 1. The average molecular weight is 224 g/mol. The Labute approximate surface area is 72.6 Å². The zero-order valence-corrected chi connectivity index (χ0v) is 6.15. The third-order valence-electron chi connectivity index (χ3n) is 1.35. The van der Waals surface area contributed by atoms with Crippen LogP contribution >= 0.6 is 0 Å². The first-order valence-electron chi connectivity index (χ1n) is 3.13. The van der Waals surface area contributed by atoms with E-state index in [4.69, 9.17) is 0 Å². The van der Waals surface area contributed by atoms with Gasteiger partial charge in [0.1, 0.15) is 0 Å². The first-order valence-corrected chi connectivity index (χ1v) is 3.13. The number of alkyl halides is 6. The van der Waals surface area contributed by atoms with Crippen LogP contribution in [0.25, 0.3) is 0 Å². The number of halogens is 6. The van der Waals surface area contributed by atoms with Crippen molar-refractivity contribution in [1.29, 1.82) is 0 Å². The van der Waals surface area contributed by atoms with Gasteiger partial charge in [-0.25, -0.2) is 9.18 Å². The molecule has 1 saturated heterocycles. The van der Waals surface area contributed by atoms with E-state index in [0.717, 1.165) is 0 Å². The Morgan fingerprint density at radius 3 is 2.14 bits per heavy atom. The summed E-state index contributed by atoms with van der Waals surface area (Å²) in [6, 6.07) is 0. The molecule has 14 heavy (non-hydrogen) atoms. The van der Waals surface area contributed by atoms with Crippen LogP contribution in [0.3, 0.4) is 0 Å². The SMILES string of the molecule is O=C1OC(C(F)C(F)(F)F)C(F)(F)O1. The van der Waals surface area contributed by atoms with E-state index in [1.54, 1.807) is 0 Å². The lowest BCUT2D eigenvalue weighted by molar-refractivity contribution is -0.262. The molecular weight excluding hydrogens is 222 g/mol. The molecule has 0 aromatic carbocycles. The molecular formula is C5H2F6O3. The second-order valence-corrected chi connectivity index (χ2v) is 2.40. The molecule has 2 unspecified atom stereocenters. The summed E-state index contributed by atoms with van der Waals surface area (Å²) in [6.07, 6.45) is -19.4. The van der Waals surface area contributed by atoms with Crippen LogP contribution in [0.5, 0.6) is 0 Å². The van der Waals surface area contributed by atoms with Gasteiger partial charge in [-0.2, -0.15) is 22.0 Å². The monoisotopic (exact) mass is 224 g/mol. The maximum absolute atomic E-state index is 12.3. The molecule has 1 fully saturated rings. The topological polar surface area (TPSA) is 35.5 Å². The average Bonchev–Trinajstić information content (AvgIpc) is 2.20. The normalized spacial score (nSPS) is 28.1. The van der Waals surface area contributed by atoms with E-state index >= 15 is 0 Å². The van der Waals surface area contributed by atoms with Crippen LogP contribution in [0.2, 0.25) is 0 Å². The van der Waals surface area contributed by atoms with Gasteiger partial charge in [-0.1, -0.05) is 0 Å². The highest BCUT2D eigenvalue weighted by Gasteiger charge is 2.64. The molecule has 0 aromatic heterocycles. The molecule has 0 radical (unpaired) electrons. The number of ether oxygens (including phenoxy) is 2. The molecule has 3 nitrogen and oxygen atoms in total. The first-order chi connectivity index (χ1) is 6.14. The highest BCUT2D eigenvalue weighted by Crippen LogP contribution is 2.39. The van der Waals surface area contributed by atoms with Gasteiger partial charge in [0.15, 0.2) is 0 Å². The molecule has 0 saturated carbocycles. The smallest absolute Gasteiger partial charge is 0.417 e. The summed E-state index contributed by atoms with van der Waals surface area (Å²) in [6.45, 7) is 0. The fourth-order valence-electron chi connectivity index (χ4n) is 0.767. The van der Waals surface area contributed by atoms with Gasteiger partial charge < -0.3 is 9.47 Å². The van der Waals surface area contributed by atoms with Crippen LogP contribution in [-0.4, -0.2) is 30.7 Å². The molecule has 1 rings (SSSR count). The van der Waals surface area contributed by atoms with Crippen molar-refractivity contribution < 1.29 is 40.6 Å². The second kappa shape index (κ2) is 2.92. The Hall–Kier alpha value is -1.15. The van der Waals surface area contributed by atoms with E-state index in [1.165, 1.54) is 0 Å². The maximum Gasteiger partial charge on any atom is 0.513 e. The van der Waals surface area contributed by atoms with Gasteiger partial charge in [-0.05, 0) is 0 Å². The largest absolute Gasteiger partial charge is 0.513 e. The molecule has 0 amide bonds. The first kappa shape index (κ1) is 10.9. The van der Waals surface area contributed by atoms with Gasteiger partial charge in [-0.15, -0.1) is 0 Å². The van der Waals surface area contributed by atoms with Gasteiger partial charge in [-0.3, -0.25) is 0 Å². The quantitative estimate of drug-likeness (QED) is 0.504. The molecule has 0 bridgehead atoms. The molecule has 1 aliphatic rings. The number of rotatable bonds is 1. The number of hydrogen-bond acceptors (Lipinski definition) is 3. The Morgan fingerprint density at radius 1 is 1.36 bits per heavy atom. The predicted molar refractivity (Wildman–Crippen MR) is 27.3 cm³/mol. The molecule has 9 heteroatoms. The molecule has 0 spiro atoms. The Morgan fingerprint density at radius 2 is 1.86 bits per heavy atom. The zero-order chi connectivity index (χ0) is 11.1. The van der Waals surface area contributed by atoms with Gasteiger partial charge in [0.05, 0.1) is 0 Å². The van der Waals surface area contributed by atoms with Crippen LogP contribution in [-0.2, 0) is 9.47 Å². The second-order valence-electron chi connectivity index (χ2n) is 2.40. The van der Waals surface area contributed by atoms with E-state index < -0.39 is 30.7 Å². The summed E-state index contributed by atoms with van der Waals surface area (Å²) in [5, 5.41) is 0. The van der Waals surface area contributed by atoms with Crippen LogP contribution in [0.1, 0.15) is 0 Å². The number of carbonyl (C=O) groups excluding carboxylic acids is 1. The minimum absolute atomic E-state index is 2.04. The maximum atomic E-state index is 12.3. The van der Waals surface area contributed by atoms with E-state index in [0.29, 0.717) is 0 Å². The van der Waals surface area contributed by atoms with Crippen molar-refractivity contribution >= 4 is 6.16 Å². The molecule has 0 N–H and O–H groups in total. The van der Waals surface area contributed by atoms with Crippen molar-refractivity contribution in [2.24, 2.45) is 0 Å². The third-order valence-corrected chi connectivity index (χ3v) is 1.35. The van der Waals surface area contributed by atoms with Crippen molar-refractivity contribution in [3.8, 4) is 0 Å². The lowest BCUT2D eigenvalue weighted by Gasteiger charge is -2.19. The van der Waals surface area contributed by atoms with Gasteiger partial charge in [0, 0.05) is 0 Å². The van der Waals surface area contributed by atoms with Crippen molar-refractivity contribution in [3.63, 3.8) is 0 Å². The summed E-state index contributed by atoms with van der Waals surface area (Å²) < 4.78 is 78.2. The Balaban J connectivity index is 2.83. The van der Waals surface area contributed by atoms with Crippen molar-refractivity contribution in [2.75, 3.05) is 0 Å². The van der Waals surface area contributed by atoms with Crippen LogP contribution in [0.4, 0.5) is 31.1 Å². The number of hydrogen-bond donors (Lipinski definition) is 0. The van der Waals surface area contributed by atoms with E-state index in [2.05, 4.69) is 9.47 Å². The highest BCUT2D eigenvalue weighted by atomic mass is 19.4. The molecule has 0 aliphatic carbocycles. The summed E-state index contributed by atoms with van der Waals surface area (Å²) >= 11 is 0. The van der Waals surface area contributed by atoms with Crippen molar-refractivity contribution in [3.05, 3.63) is 0 Å². The van der Waals surface area contributed by atoms with Gasteiger partial charge in [0.2, 0.25) is 12.3 Å². The van der Waals surface area contributed by atoms with Gasteiger partial charge in [0.25, 0.3) is 0 Å². The zero-order valence-electron chi connectivity index (χ0n) is 6.15. The molecule has 2 atom stereocenters. The Bertz CT molecular complexity index is 248. The fourth-order valence-corrected chi connectivity index (χ4v) is 0.767. The minimum atomic E-state index is -5.54.